The summed E-state index contributed by atoms with van der Waals surface area (Å²) in [6.45, 7) is 1.83. The topological polar surface area (TPSA) is 55.5 Å². The van der Waals surface area contributed by atoms with Crippen molar-refractivity contribution in [2.45, 2.75) is 18.3 Å². The van der Waals surface area contributed by atoms with E-state index in [1.165, 1.54) is 0 Å². The van der Waals surface area contributed by atoms with E-state index in [9.17, 15) is 10.1 Å². The molecule has 0 fully saturated rings. The lowest BCUT2D eigenvalue weighted by Gasteiger charge is -2.01. The number of alkyl halides is 1. The molecule has 0 heterocycles. The molecule has 0 radical (unpaired) electrons. The fraction of sp³-hybridized carbons (Fsp3) is 0.800. The van der Waals surface area contributed by atoms with Gasteiger partial charge in [-0.25, -0.2) is 0 Å². The molecule has 0 amide bonds. The molecule has 0 saturated carbocycles. The summed E-state index contributed by atoms with van der Waals surface area (Å²) < 4.78 is 0. The highest BCUT2D eigenvalue weighted by molar-refractivity contribution is 9.09. The Bertz CT molecular complexity index is 158. The van der Waals surface area contributed by atoms with Crippen LogP contribution in [-0.4, -0.2) is 22.6 Å². The van der Waals surface area contributed by atoms with Crippen LogP contribution in [0.25, 0.3) is 0 Å². The summed E-state index contributed by atoms with van der Waals surface area (Å²) >= 11 is 2.90. The highest BCUT2D eigenvalue weighted by atomic mass is 79.9. The summed E-state index contributed by atoms with van der Waals surface area (Å²) in [5.41, 5.74) is 0.560. The number of halogens is 1. The molecule has 5 heteroatoms. The van der Waals surface area contributed by atoms with Crippen molar-refractivity contribution < 1.29 is 4.92 Å². The van der Waals surface area contributed by atoms with Gasteiger partial charge >= 0.3 is 4.95 Å². The van der Waals surface area contributed by atoms with E-state index in [0.717, 1.165) is 0 Å². The highest BCUT2D eigenvalue weighted by Gasteiger charge is 2.20. The first-order valence-corrected chi connectivity index (χ1v) is 3.78. The van der Waals surface area contributed by atoms with Crippen molar-refractivity contribution in [1.82, 2.24) is 0 Å². The Morgan fingerprint density at radius 2 is 2.40 bits per heavy atom. The smallest absolute Gasteiger partial charge is 0.289 e. The minimum atomic E-state index is -0.817. The summed E-state index contributed by atoms with van der Waals surface area (Å²) in [4.78, 5) is 12.7. The molecule has 0 aromatic heterocycles. The van der Waals surface area contributed by atoms with Crippen LogP contribution in [0.4, 0.5) is 0 Å². The van der Waals surface area contributed by atoms with Crippen LogP contribution in [0.2, 0.25) is 0 Å². The molecule has 1 atom stereocenters. The van der Waals surface area contributed by atoms with Crippen LogP contribution in [0.3, 0.4) is 0 Å². The quantitative estimate of drug-likeness (QED) is 0.232. The fourth-order valence-electron chi connectivity index (χ4n) is 0.555. The zero-order valence-corrected chi connectivity index (χ0v) is 7.46. The maximum absolute atomic E-state index is 10.1. The predicted octanol–water partition coefficient (Wildman–Crippen LogP) is 1.46. The van der Waals surface area contributed by atoms with Crippen molar-refractivity contribution in [2.24, 2.45) is 4.99 Å². The first kappa shape index (κ1) is 9.55. The molecule has 0 aliphatic heterocycles. The molecule has 10 heavy (non-hydrogen) atoms. The minimum absolute atomic E-state index is 0.411. The fourth-order valence-corrected chi connectivity index (χ4v) is 1.08. The summed E-state index contributed by atoms with van der Waals surface area (Å²) in [6.07, 6.45) is 0.605. The third-order valence-corrected chi connectivity index (χ3v) is 1.97. The molecule has 0 aliphatic carbocycles. The number of nitro groups is 1. The molecule has 0 saturated heterocycles. The van der Waals surface area contributed by atoms with Gasteiger partial charge < -0.3 is 0 Å². The standard InChI is InChI=1S/C5H9BrN2O2/c1-3-4(7-2)5(6)8(9)10/h5H,3H2,1-2H3. The number of aliphatic imine (C=N–C) groups is 1. The molecule has 1 unspecified atom stereocenters. The van der Waals surface area contributed by atoms with Crippen LogP contribution >= 0.6 is 15.9 Å². The predicted molar refractivity (Wildman–Crippen MR) is 43.4 cm³/mol. The summed E-state index contributed by atoms with van der Waals surface area (Å²) in [5.74, 6) is 0. The Hall–Kier alpha value is -0.450. The normalized spacial score (nSPS) is 14.9. The van der Waals surface area contributed by atoms with E-state index in [2.05, 4.69) is 20.9 Å². The van der Waals surface area contributed by atoms with E-state index in [1.807, 2.05) is 6.92 Å². The average Bonchev–Trinajstić information content (AvgIpc) is 1.90. The summed E-state index contributed by atoms with van der Waals surface area (Å²) in [5, 5.41) is 10.1. The molecule has 58 valence electrons. The van der Waals surface area contributed by atoms with Gasteiger partial charge in [0.15, 0.2) is 0 Å². The van der Waals surface area contributed by atoms with Crippen LogP contribution in [0.1, 0.15) is 13.3 Å². The second-order valence-electron chi connectivity index (χ2n) is 1.69. The van der Waals surface area contributed by atoms with Gasteiger partial charge in [0, 0.05) is 27.9 Å². The second-order valence-corrected chi connectivity index (χ2v) is 2.56. The monoisotopic (exact) mass is 208 g/mol. The van der Waals surface area contributed by atoms with Gasteiger partial charge in [-0.3, -0.25) is 15.1 Å². The highest BCUT2D eigenvalue weighted by Crippen LogP contribution is 2.05. The van der Waals surface area contributed by atoms with E-state index < -0.39 is 9.87 Å². The largest absolute Gasteiger partial charge is 0.303 e. The van der Waals surface area contributed by atoms with Crippen molar-refractivity contribution in [1.29, 1.82) is 0 Å². The lowest BCUT2D eigenvalue weighted by molar-refractivity contribution is -0.475. The molecular weight excluding hydrogens is 200 g/mol. The number of rotatable bonds is 3. The third kappa shape index (κ3) is 2.43. The molecule has 0 bridgehead atoms. The van der Waals surface area contributed by atoms with E-state index in [4.69, 9.17) is 0 Å². The first-order valence-electron chi connectivity index (χ1n) is 2.86. The van der Waals surface area contributed by atoms with Gasteiger partial charge in [-0.15, -0.1) is 0 Å². The van der Waals surface area contributed by atoms with Crippen LogP contribution in [-0.2, 0) is 0 Å². The first-order chi connectivity index (χ1) is 4.63. The van der Waals surface area contributed by atoms with Gasteiger partial charge in [0.05, 0.1) is 5.71 Å². The number of hydrogen-bond donors (Lipinski definition) is 0. The Balaban J connectivity index is 4.17. The molecule has 4 nitrogen and oxygen atoms in total. The average molecular weight is 209 g/mol. The van der Waals surface area contributed by atoms with Crippen LogP contribution in [0, 0.1) is 10.1 Å². The molecule has 0 rings (SSSR count). The lowest BCUT2D eigenvalue weighted by Crippen LogP contribution is -2.22. The Labute approximate surface area is 67.6 Å². The Kier molecular flexibility index (Phi) is 4.18. The maximum Gasteiger partial charge on any atom is 0.303 e. The summed E-state index contributed by atoms with van der Waals surface area (Å²) in [6, 6.07) is 0. The van der Waals surface area contributed by atoms with Crippen molar-refractivity contribution >= 4 is 21.6 Å². The third-order valence-electron chi connectivity index (χ3n) is 1.11. The summed E-state index contributed by atoms with van der Waals surface area (Å²) in [7, 11) is 1.55. The van der Waals surface area contributed by atoms with Crippen LogP contribution in [0.15, 0.2) is 4.99 Å². The van der Waals surface area contributed by atoms with Crippen molar-refractivity contribution in [3.63, 3.8) is 0 Å². The SMILES string of the molecule is CCC(=NC)C(Br)[N+](=O)[O-]. The molecule has 0 spiro atoms. The van der Waals surface area contributed by atoms with Crippen molar-refractivity contribution in [3.8, 4) is 0 Å². The molecule has 0 aromatic rings. The second kappa shape index (κ2) is 4.38. The van der Waals surface area contributed by atoms with Gasteiger partial charge in [0.25, 0.3) is 0 Å². The van der Waals surface area contributed by atoms with Crippen molar-refractivity contribution in [3.05, 3.63) is 10.1 Å². The van der Waals surface area contributed by atoms with Crippen molar-refractivity contribution in [2.75, 3.05) is 7.05 Å². The van der Waals surface area contributed by atoms with Crippen LogP contribution < -0.4 is 0 Å². The van der Waals surface area contributed by atoms with E-state index >= 15 is 0 Å². The van der Waals surface area contributed by atoms with Gasteiger partial charge in [0.1, 0.15) is 0 Å². The Morgan fingerprint density at radius 1 is 1.90 bits per heavy atom. The zero-order valence-electron chi connectivity index (χ0n) is 5.87. The van der Waals surface area contributed by atoms with E-state index in [1.54, 1.807) is 7.05 Å². The molecular formula is C5H9BrN2O2. The van der Waals surface area contributed by atoms with Crippen LogP contribution in [0.5, 0.6) is 0 Å². The maximum atomic E-state index is 10.1. The zero-order chi connectivity index (χ0) is 8.15. The van der Waals surface area contributed by atoms with Gasteiger partial charge in [0.2, 0.25) is 0 Å². The molecule has 0 N–H and O–H groups in total. The van der Waals surface area contributed by atoms with Gasteiger partial charge in [-0.2, -0.15) is 0 Å². The van der Waals surface area contributed by atoms with E-state index in [0.29, 0.717) is 12.1 Å². The van der Waals surface area contributed by atoms with Gasteiger partial charge in [-0.05, 0) is 6.42 Å². The Morgan fingerprint density at radius 3 is 2.50 bits per heavy atom. The number of nitrogens with zero attached hydrogens (tertiary/aromatic N) is 2. The molecule has 0 aliphatic rings. The van der Waals surface area contributed by atoms with Gasteiger partial charge in [-0.1, -0.05) is 6.92 Å². The lowest BCUT2D eigenvalue weighted by atomic mass is 10.3. The minimum Gasteiger partial charge on any atom is -0.289 e. The number of hydrogen-bond acceptors (Lipinski definition) is 3. The van der Waals surface area contributed by atoms with E-state index in [-0.39, 0.29) is 0 Å². The molecule has 0 aromatic carbocycles.